The van der Waals surface area contributed by atoms with Gasteiger partial charge in [0, 0.05) is 19.7 Å². The summed E-state index contributed by atoms with van der Waals surface area (Å²) in [6, 6.07) is 15.6. The number of benzene rings is 2. The van der Waals surface area contributed by atoms with Crippen molar-refractivity contribution in [2.24, 2.45) is 11.5 Å². The van der Waals surface area contributed by atoms with Gasteiger partial charge in [-0.2, -0.15) is 0 Å². The van der Waals surface area contributed by atoms with E-state index in [-0.39, 0.29) is 12.7 Å². The summed E-state index contributed by atoms with van der Waals surface area (Å²) in [5, 5.41) is 17.8. The van der Waals surface area contributed by atoms with Crippen LogP contribution in [-0.4, -0.2) is 16.8 Å². The van der Waals surface area contributed by atoms with Crippen LogP contribution in [0.2, 0.25) is 0 Å². The molecule has 0 spiro atoms. The van der Waals surface area contributed by atoms with Crippen molar-refractivity contribution in [1.29, 1.82) is 0 Å². The quantitative estimate of drug-likeness (QED) is 0.678. The lowest BCUT2D eigenvalue weighted by Crippen LogP contribution is -1.97. The standard InChI is InChI=1S/2C9H13NO/c1-7(11)9-4-2-8(6-10)3-5-9;10-7-9-3-1-8(2-4-9)5-6-11/h2-5,7,11H,6,10H2,1H3;1-4,11H,5-7,10H2. The van der Waals surface area contributed by atoms with Gasteiger partial charge >= 0.3 is 0 Å². The summed E-state index contributed by atoms with van der Waals surface area (Å²) in [7, 11) is 0. The molecule has 0 aliphatic carbocycles. The number of rotatable bonds is 5. The zero-order chi connectivity index (χ0) is 16.4. The van der Waals surface area contributed by atoms with E-state index in [9.17, 15) is 0 Å². The molecule has 120 valence electrons. The van der Waals surface area contributed by atoms with Crippen LogP contribution in [-0.2, 0) is 19.5 Å². The van der Waals surface area contributed by atoms with E-state index in [1.54, 1.807) is 6.92 Å². The molecule has 4 heteroatoms. The molecular formula is C18H26N2O2. The number of hydrogen-bond acceptors (Lipinski definition) is 4. The van der Waals surface area contributed by atoms with E-state index in [0.717, 1.165) is 28.7 Å². The smallest absolute Gasteiger partial charge is 0.0761 e. The monoisotopic (exact) mass is 302 g/mol. The Balaban J connectivity index is 0.000000220. The van der Waals surface area contributed by atoms with Crippen molar-refractivity contribution in [3.8, 4) is 0 Å². The summed E-state index contributed by atoms with van der Waals surface area (Å²) in [6.07, 6.45) is 0.340. The Bertz CT molecular complexity index is 522. The topological polar surface area (TPSA) is 92.5 Å². The van der Waals surface area contributed by atoms with Gasteiger partial charge in [0.2, 0.25) is 0 Å². The van der Waals surface area contributed by atoms with Crippen molar-refractivity contribution in [2.45, 2.75) is 32.5 Å². The molecule has 22 heavy (non-hydrogen) atoms. The Morgan fingerprint density at radius 3 is 1.59 bits per heavy atom. The zero-order valence-electron chi connectivity index (χ0n) is 13.1. The Labute approximate surface area is 132 Å². The molecule has 1 unspecified atom stereocenters. The van der Waals surface area contributed by atoms with Gasteiger partial charge < -0.3 is 21.7 Å². The Kier molecular flexibility index (Phi) is 8.40. The summed E-state index contributed by atoms with van der Waals surface area (Å²) in [5.74, 6) is 0. The molecule has 0 bridgehead atoms. The fourth-order valence-corrected chi connectivity index (χ4v) is 1.90. The SMILES string of the molecule is CC(O)c1ccc(CN)cc1.NCc1ccc(CCO)cc1. The van der Waals surface area contributed by atoms with Crippen LogP contribution in [0.3, 0.4) is 0 Å². The fourth-order valence-electron chi connectivity index (χ4n) is 1.90. The maximum atomic E-state index is 9.16. The maximum Gasteiger partial charge on any atom is 0.0761 e. The first-order valence-corrected chi connectivity index (χ1v) is 7.46. The van der Waals surface area contributed by atoms with Gasteiger partial charge in [-0.15, -0.1) is 0 Å². The van der Waals surface area contributed by atoms with E-state index < -0.39 is 0 Å². The molecule has 0 aliphatic heterocycles. The van der Waals surface area contributed by atoms with Crippen LogP contribution in [0.25, 0.3) is 0 Å². The van der Waals surface area contributed by atoms with Crippen molar-refractivity contribution in [1.82, 2.24) is 0 Å². The number of aliphatic hydroxyl groups excluding tert-OH is 2. The molecule has 0 fully saturated rings. The Hall–Kier alpha value is -1.72. The highest BCUT2D eigenvalue weighted by molar-refractivity contribution is 5.23. The molecule has 0 saturated heterocycles. The van der Waals surface area contributed by atoms with Crippen molar-refractivity contribution < 1.29 is 10.2 Å². The van der Waals surface area contributed by atoms with Gasteiger partial charge in [0.05, 0.1) is 6.10 Å². The molecule has 0 aliphatic rings. The number of aliphatic hydroxyl groups is 2. The summed E-state index contributed by atoms with van der Waals surface area (Å²) in [6.45, 7) is 3.10. The largest absolute Gasteiger partial charge is 0.396 e. The van der Waals surface area contributed by atoms with Crippen LogP contribution in [0.15, 0.2) is 48.5 Å². The number of nitrogens with two attached hydrogens (primary N) is 2. The van der Waals surface area contributed by atoms with Crippen molar-refractivity contribution in [2.75, 3.05) is 6.61 Å². The van der Waals surface area contributed by atoms with Gasteiger partial charge in [-0.1, -0.05) is 48.5 Å². The first-order chi connectivity index (χ1) is 10.6. The van der Waals surface area contributed by atoms with Gasteiger partial charge in [0.1, 0.15) is 0 Å². The molecule has 4 nitrogen and oxygen atoms in total. The van der Waals surface area contributed by atoms with Crippen LogP contribution in [0.5, 0.6) is 0 Å². The van der Waals surface area contributed by atoms with Gasteiger partial charge in [-0.05, 0) is 35.6 Å². The third kappa shape index (κ3) is 6.37. The highest BCUT2D eigenvalue weighted by Gasteiger charge is 1.98. The maximum absolute atomic E-state index is 9.16. The first kappa shape index (κ1) is 18.3. The van der Waals surface area contributed by atoms with Crippen molar-refractivity contribution in [3.05, 3.63) is 70.8 Å². The molecule has 2 aromatic rings. The third-order valence-electron chi connectivity index (χ3n) is 3.36. The van der Waals surface area contributed by atoms with Crippen LogP contribution >= 0.6 is 0 Å². The van der Waals surface area contributed by atoms with E-state index in [4.69, 9.17) is 21.7 Å². The van der Waals surface area contributed by atoms with Gasteiger partial charge in [0.25, 0.3) is 0 Å². The summed E-state index contributed by atoms with van der Waals surface area (Å²) < 4.78 is 0. The predicted octanol–water partition coefficient (Wildman–Crippen LogP) is 1.88. The number of hydrogen-bond donors (Lipinski definition) is 4. The highest BCUT2D eigenvalue weighted by Crippen LogP contribution is 2.11. The average Bonchev–Trinajstić information content (AvgIpc) is 2.56. The van der Waals surface area contributed by atoms with Crippen LogP contribution < -0.4 is 11.5 Å². The molecule has 0 radical (unpaired) electrons. The van der Waals surface area contributed by atoms with Crippen molar-refractivity contribution in [3.63, 3.8) is 0 Å². The third-order valence-corrected chi connectivity index (χ3v) is 3.36. The van der Waals surface area contributed by atoms with Crippen LogP contribution in [0, 0.1) is 0 Å². The lowest BCUT2D eigenvalue weighted by molar-refractivity contribution is 0.199. The molecule has 2 rings (SSSR count). The van der Waals surface area contributed by atoms with E-state index in [0.29, 0.717) is 13.1 Å². The Morgan fingerprint density at radius 1 is 0.818 bits per heavy atom. The normalized spacial score (nSPS) is 11.5. The molecular weight excluding hydrogens is 276 g/mol. The molecule has 1 atom stereocenters. The van der Waals surface area contributed by atoms with E-state index >= 15 is 0 Å². The lowest BCUT2D eigenvalue weighted by Gasteiger charge is -2.04. The summed E-state index contributed by atoms with van der Waals surface area (Å²) in [4.78, 5) is 0. The molecule has 6 N–H and O–H groups in total. The second-order valence-electron chi connectivity index (χ2n) is 5.12. The predicted molar refractivity (Wildman–Crippen MR) is 90.1 cm³/mol. The second-order valence-corrected chi connectivity index (χ2v) is 5.12. The minimum atomic E-state index is -0.387. The fraction of sp³-hybridized carbons (Fsp3) is 0.333. The van der Waals surface area contributed by atoms with Crippen LogP contribution in [0.4, 0.5) is 0 Å². The highest BCUT2D eigenvalue weighted by atomic mass is 16.3. The minimum Gasteiger partial charge on any atom is -0.396 e. The van der Waals surface area contributed by atoms with Gasteiger partial charge in [-0.25, -0.2) is 0 Å². The molecule has 0 amide bonds. The first-order valence-electron chi connectivity index (χ1n) is 7.46. The van der Waals surface area contributed by atoms with E-state index in [1.807, 2.05) is 48.5 Å². The van der Waals surface area contributed by atoms with E-state index in [2.05, 4.69) is 0 Å². The van der Waals surface area contributed by atoms with Gasteiger partial charge in [0.15, 0.2) is 0 Å². The average molecular weight is 302 g/mol. The summed E-state index contributed by atoms with van der Waals surface area (Å²) in [5.41, 5.74) is 15.2. The lowest BCUT2D eigenvalue weighted by atomic mass is 10.1. The molecule has 0 aromatic heterocycles. The van der Waals surface area contributed by atoms with Crippen molar-refractivity contribution >= 4 is 0 Å². The summed E-state index contributed by atoms with van der Waals surface area (Å²) >= 11 is 0. The van der Waals surface area contributed by atoms with E-state index in [1.165, 1.54) is 0 Å². The molecule has 2 aromatic carbocycles. The molecule has 0 saturated carbocycles. The zero-order valence-corrected chi connectivity index (χ0v) is 13.1. The minimum absolute atomic E-state index is 0.210. The second kappa shape index (κ2) is 10.1. The molecule has 0 heterocycles. The van der Waals surface area contributed by atoms with Crippen LogP contribution in [0.1, 0.15) is 35.3 Å². The van der Waals surface area contributed by atoms with Gasteiger partial charge in [-0.3, -0.25) is 0 Å². The Morgan fingerprint density at radius 2 is 1.23 bits per heavy atom.